The van der Waals surface area contributed by atoms with Crippen LogP contribution in [0.4, 0.5) is 11.4 Å². The number of hydrogen-bond acceptors (Lipinski definition) is 5. The summed E-state index contributed by atoms with van der Waals surface area (Å²) in [7, 11) is 2.07. The number of aliphatic carboxylic acids is 2. The molecule has 0 radical (unpaired) electrons. The van der Waals surface area contributed by atoms with Crippen molar-refractivity contribution in [1.29, 1.82) is 0 Å². The standard InChI is InChI=1S/C14H14N3.2C2H4O2.Pd/c1-16-11-17(10-12-6-4-5-9-15-12)14-8-3-2-7-13(14)16;2*1-2(3)4;/h2-9,11H,10H2,1H3;2*1H3,(H,3,4);/q-1;;;. The van der Waals surface area contributed by atoms with Gasteiger partial charge in [-0.25, -0.2) is 0 Å². The minimum atomic E-state index is -0.833. The van der Waals surface area contributed by atoms with Gasteiger partial charge < -0.3 is 20.0 Å². The Hall–Kier alpha value is -2.43. The van der Waals surface area contributed by atoms with Crippen LogP contribution in [-0.2, 0) is 36.6 Å². The first-order valence-electron chi connectivity index (χ1n) is 7.53. The Morgan fingerprint density at radius 3 is 2.00 bits per heavy atom. The topological polar surface area (TPSA) is 94.0 Å². The second-order valence-corrected chi connectivity index (χ2v) is 5.20. The number of aromatic nitrogens is 1. The van der Waals surface area contributed by atoms with Crippen LogP contribution in [-0.4, -0.2) is 34.2 Å². The fourth-order valence-electron chi connectivity index (χ4n) is 2.13. The predicted octanol–water partition coefficient (Wildman–Crippen LogP) is 2.84. The number of anilines is 2. The molecule has 0 saturated heterocycles. The molecule has 26 heavy (non-hydrogen) atoms. The Morgan fingerprint density at radius 2 is 1.50 bits per heavy atom. The number of para-hydroxylation sites is 2. The van der Waals surface area contributed by atoms with Gasteiger partial charge in [-0.2, -0.15) is 6.67 Å². The molecule has 0 unspecified atom stereocenters. The van der Waals surface area contributed by atoms with Crippen LogP contribution in [0.25, 0.3) is 0 Å². The van der Waals surface area contributed by atoms with Crippen molar-refractivity contribution in [2.24, 2.45) is 0 Å². The molecule has 0 amide bonds. The Morgan fingerprint density at radius 1 is 1.00 bits per heavy atom. The number of benzene rings is 1. The molecule has 1 aromatic carbocycles. The van der Waals surface area contributed by atoms with E-state index in [4.69, 9.17) is 19.8 Å². The number of nitrogens with zero attached hydrogens (tertiary/aromatic N) is 3. The van der Waals surface area contributed by atoms with E-state index in [2.05, 4.69) is 58.8 Å². The minimum Gasteiger partial charge on any atom is -0.504 e. The van der Waals surface area contributed by atoms with Crippen LogP contribution in [0.3, 0.4) is 0 Å². The third kappa shape index (κ3) is 8.61. The van der Waals surface area contributed by atoms with Gasteiger partial charge in [-0.1, -0.05) is 18.2 Å². The monoisotopic (exact) mass is 450 g/mol. The van der Waals surface area contributed by atoms with Gasteiger partial charge in [0.1, 0.15) is 0 Å². The average molecular weight is 451 g/mol. The minimum absolute atomic E-state index is 0. The number of carbonyl (C=O) groups is 2. The maximum absolute atomic E-state index is 9.00. The third-order valence-electron chi connectivity index (χ3n) is 2.94. The van der Waals surface area contributed by atoms with Crippen LogP contribution in [0.15, 0.2) is 48.7 Å². The van der Waals surface area contributed by atoms with Crippen molar-refractivity contribution < 1.29 is 40.2 Å². The van der Waals surface area contributed by atoms with Crippen LogP contribution in [0.1, 0.15) is 19.5 Å². The maximum atomic E-state index is 9.00. The fraction of sp³-hybridized carbons (Fsp3) is 0.222. The zero-order chi connectivity index (χ0) is 18.8. The molecule has 0 bridgehead atoms. The maximum Gasteiger partial charge on any atom is 0.300 e. The van der Waals surface area contributed by atoms with Crippen molar-refractivity contribution in [3.05, 3.63) is 61.0 Å². The summed E-state index contributed by atoms with van der Waals surface area (Å²) in [6, 6.07) is 14.4. The van der Waals surface area contributed by atoms with Gasteiger partial charge in [0, 0.05) is 58.4 Å². The van der Waals surface area contributed by atoms with Crippen molar-refractivity contribution in [3.63, 3.8) is 0 Å². The largest absolute Gasteiger partial charge is 0.504 e. The van der Waals surface area contributed by atoms with Gasteiger partial charge in [-0.15, -0.1) is 0 Å². The first kappa shape index (κ1) is 23.6. The second-order valence-electron chi connectivity index (χ2n) is 5.20. The molecule has 0 fully saturated rings. The van der Waals surface area contributed by atoms with Crippen LogP contribution >= 0.6 is 0 Å². The van der Waals surface area contributed by atoms with Crippen molar-refractivity contribution >= 4 is 23.3 Å². The Bertz CT molecular complexity index is 678. The Labute approximate surface area is 166 Å². The van der Waals surface area contributed by atoms with E-state index in [1.807, 2.05) is 18.3 Å². The summed E-state index contributed by atoms with van der Waals surface area (Å²) in [5, 5.41) is 14.8. The number of pyridine rings is 1. The molecule has 1 aromatic heterocycles. The molecular formula is C18H22N3O4Pd-. The molecule has 2 aromatic rings. The summed E-state index contributed by atoms with van der Waals surface area (Å²) >= 11 is 0. The first-order chi connectivity index (χ1) is 11.8. The normalized spacial score (nSPS) is 11.0. The van der Waals surface area contributed by atoms with E-state index in [1.54, 1.807) is 0 Å². The molecule has 0 spiro atoms. The van der Waals surface area contributed by atoms with Crippen molar-refractivity contribution in [1.82, 2.24) is 4.98 Å². The van der Waals surface area contributed by atoms with E-state index < -0.39 is 11.9 Å². The molecule has 2 heterocycles. The molecule has 0 saturated carbocycles. The quantitative estimate of drug-likeness (QED) is 0.536. The Kier molecular flexibility index (Phi) is 10.9. The van der Waals surface area contributed by atoms with Crippen molar-refractivity contribution in [2.75, 3.05) is 16.8 Å². The molecule has 0 aliphatic carbocycles. The first-order valence-corrected chi connectivity index (χ1v) is 7.53. The van der Waals surface area contributed by atoms with Crippen molar-refractivity contribution in [3.8, 4) is 0 Å². The molecule has 0 atom stereocenters. The fourth-order valence-corrected chi connectivity index (χ4v) is 2.13. The molecular weight excluding hydrogens is 429 g/mol. The zero-order valence-electron chi connectivity index (χ0n) is 14.8. The summed E-state index contributed by atoms with van der Waals surface area (Å²) in [6.07, 6.45) is 1.83. The predicted molar refractivity (Wildman–Crippen MR) is 96.2 cm³/mol. The van der Waals surface area contributed by atoms with E-state index >= 15 is 0 Å². The van der Waals surface area contributed by atoms with E-state index in [0.29, 0.717) is 0 Å². The van der Waals surface area contributed by atoms with Gasteiger partial charge in [0.2, 0.25) is 0 Å². The van der Waals surface area contributed by atoms with Gasteiger partial charge in [-0.3, -0.25) is 14.6 Å². The number of fused-ring (bicyclic) bond motifs is 1. The Balaban J connectivity index is 0.000000596. The second kappa shape index (κ2) is 12.0. The molecule has 1 aliphatic rings. The molecule has 7 nitrogen and oxygen atoms in total. The van der Waals surface area contributed by atoms with Gasteiger partial charge in [-0.05, 0) is 31.3 Å². The van der Waals surface area contributed by atoms with Gasteiger partial charge in [0.05, 0.1) is 5.69 Å². The SMILES string of the molecule is CC(=O)O.CC(=O)O.CN1[CH-]N(Cc2ccccn2)c2ccccc21.[Pd]. The molecule has 8 heteroatoms. The van der Waals surface area contributed by atoms with Crippen LogP contribution in [0.2, 0.25) is 0 Å². The van der Waals surface area contributed by atoms with E-state index in [0.717, 1.165) is 26.1 Å². The number of rotatable bonds is 2. The summed E-state index contributed by atoms with van der Waals surface area (Å²) in [4.78, 5) is 26.7. The average Bonchev–Trinajstić information content (AvgIpc) is 2.84. The van der Waals surface area contributed by atoms with Gasteiger partial charge >= 0.3 is 0 Å². The van der Waals surface area contributed by atoms with E-state index in [-0.39, 0.29) is 20.4 Å². The zero-order valence-corrected chi connectivity index (χ0v) is 16.3. The van der Waals surface area contributed by atoms with Gasteiger partial charge in [0.25, 0.3) is 11.9 Å². The van der Waals surface area contributed by atoms with E-state index in [9.17, 15) is 0 Å². The van der Waals surface area contributed by atoms with Gasteiger partial charge in [0.15, 0.2) is 0 Å². The summed E-state index contributed by atoms with van der Waals surface area (Å²) in [5.41, 5.74) is 3.55. The molecule has 3 rings (SSSR count). The third-order valence-corrected chi connectivity index (χ3v) is 2.94. The van der Waals surface area contributed by atoms with Crippen LogP contribution < -0.4 is 9.80 Å². The smallest absolute Gasteiger partial charge is 0.300 e. The number of carboxylic acids is 2. The molecule has 2 N–H and O–H groups in total. The summed E-state index contributed by atoms with van der Waals surface area (Å²) < 4.78 is 0. The number of carboxylic acid groups (broad SMARTS) is 2. The number of hydrogen-bond donors (Lipinski definition) is 2. The van der Waals surface area contributed by atoms with Crippen LogP contribution in [0.5, 0.6) is 0 Å². The van der Waals surface area contributed by atoms with E-state index in [1.165, 1.54) is 11.4 Å². The van der Waals surface area contributed by atoms with Crippen molar-refractivity contribution in [2.45, 2.75) is 20.4 Å². The van der Waals surface area contributed by atoms with Crippen LogP contribution in [0, 0.1) is 6.67 Å². The molecule has 144 valence electrons. The summed E-state index contributed by atoms with van der Waals surface area (Å²) in [5.74, 6) is -1.67. The molecule has 1 aliphatic heterocycles. The summed E-state index contributed by atoms with van der Waals surface area (Å²) in [6.45, 7) is 5.08.